The molecule has 7 heteroatoms. The van der Waals surface area contributed by atoms with E-state index < -0.39 is 10.8 Å². The van der Waals surface area contributed by atoms with E-state index in [-0.39, 0.29) is 17.1 Å². The van der Waals surface area contributed by atoms with E-state index in [2.05, 4.69) is 6.07 Å². The summed E-state index contributed by atoms with van der Waals surface area (Å²) >= 11 is 0. The highest BCUT2D eigenvalue weighted by Crippen LogP contribution is 2.42. The zero-order valence-corrected chi connectivity index (χ0v) is 11.9. The van der Waals surface area contributed by atoms with Gasteiger partial charge in [-0.1, -0.05) is 18.2 Å². The highest BCUT2D eigenvalue weighted by Gasteiger charge is 2.30. The van der Waals surface area contributed by atoms with Crippen molar-refractivity contribution in [1.82, 2.24) is 0 Å². The predicted octanol–water partition coefficient (Wildman–Crippen LogP) is 2.40. The number of allylic oxidation sites excluding steroid dienone is 1. The summed E-state index contributed by atoms with van der Waals surface area (Å²) < 4.78 is 5.48. The van der Waals surface area contributed by atoms with Crippen molar-refractivity contribution in [3.8, 4) is 11.8 Å². The van der Waals surface area contributed by atoms with E-state index in [0.717, 1.165) is 5.56 Å². The third kappa shape index (κ3) is 2.42. The van der Waals surface area contributed by atoms with Gasteiger partial charge in [-0.05, 0) is 11.6 Å². The number of nitrogen functional groups attached to an aromatic ring is 1. The molecule has 3 rings (SSSR count). The number of benzene rings is 2. The summed E-state index contributed by atoms with van der Waals surface area (Å²) in [4.78, 5) is 10.3. The quantitative estimate of drug-likeness (QED) is 0.498. The predicted molar refractivity (Wildman–Crippen MR) is 83.2 cm³/mol. The number of nitro groups is 1. The third-order valence-electron chi connectivity index (χ3n) is 3.68. The Bertz CT molecular complexity index is 866. The molecule has 0 fully saturated rings. The first-order valence-electron chi connectivity index (χ1n) is 6.72. The van der Waals surface area contributed by atoms with Gasteiger partial charge >= 0.3 is 0 Å². The first-order chi connectivity index (χ1) is 11.0. The molecule has 0 amide bonds. The summed E-state index contributed by atoms with van der Waals surface area (Å²) in [5.74, 6) is 0.0314. The van der Waals surface area contributed by atoms with Crippen LogP contribution in [0.15, 0.2) is 53.9 Å². The molecular formula is C16H12N4O3. The van der Waals surface area contributed by atoms with E-state index in [4.69, 9.17) is 16.2 Å². The van der Waals surface area contributed by atoms with E-state index in [1.807, 2.05) is 0 Å². The van der Waals surface area contributed by atoms with Crippen molar-refractivity contribution in [2.75, 3.05) is 5.73 Å². The van der Waals surface area contributed by atoms with Gasteiger partial charge in [0, 0.05) is 29.4 Å². The third-order valence-corrected chi connectivity index (χ3v) is 3.68. The molecule has 23 heavy (non-hydrogen) atoms. The van der Waals surface area contributed by atoms with Gasteiger partial charge in [0.15, 0.2) is 0 Å². The minimum absolute atomic E-state index is 0.00829. The van der Waals surface area contributed by atoms with Gasteiger partial charge in [0.25, 0.3) is 5.69 Å². The Hall–Kier alpha value is -3.53. The average molecular weight is 308 g/mol. The van der Waals surface area contributed by atoms with Crippen LogP contribution in [0.4, 0.5) is 11.4 Å². The van der Waals surface area contributed by atoms with E-state index >= 15 is 0 Å². The molecule has 0 saturated carbocycles. The second-order valence-corrected chi connectivity index (χ2v) is 5.07. The lowest BCUT2D eigenvalue weighted by Crippen LogP contribution is -2.21. The fourth-order valence-corrected chi connectivity index (χ4v) is 2.60. The van der Waals surface area contributed by atoms with Crippen LogP contribution < -0.4 is 16.2 Å². The van der Waals surface area contributed by atoms with Crippen molar-refractivity contribution in [2.24, 2.45) is 5.73 Å². The minimum Gasteiger partial charge on any atom is -0.440 e. The fraction of sp³-hybridized carbons (Fsp3) is 0.0625. The molecule has 7 nitrogen and oxygen atoms in total. The molecule has 2 aromatic rings. The van der Waals surface area contributed by atoms with E-state index in [0.29, 0.717) is 17.0 Å². The number of rotatable bonds is 2. The zero-order chi connectivity index (χ0) is 16.6. The number of nitriles is 1. The fourth-order valence-electron chi connectivity index (χ4n) is 2.60. The van der Waals surface area contributed by atoms with Crippen molar-refractivity contribution in [3.05, 3.63) is 75.2 Å². The zero-order valence-electron chi connectivity index (χ0n) is 11.9. The van der Waals surface area contributed by atoms with Crippen molar-refractivity contribution in [3.63, 3.8) is 0 Å². The van der Waals surface area contributed by atoms with Crippen molar-refractivity contribution in [1.29, 1.82) is 5.26 Å². The standard InChI is InChI=1S/C16H12N4O3/c17-8-13-15(9-1-4-11(5-2-9)20(21)22)12-6-3-10(18)7-14(12)23-16(13)19/h1-7,15H,18-19H2/t15-/m0/s1. The topological polar surface area (TPSA) is 128 Å². The molecule has 0 unspecified atom stereocenters. The number of hydrogen-bond acceptors (Lipinski definition) is 6. The molecule has 4 N–H and O–H groups in total. The van der Waals surface area contributed by atoms with E-state index in [1.54, 1.807) is 30.3 Å². The summed E-state index contributed by atoms with van der Waals surface area (Å²) in [6, 6.07) is 13.2. The molecule has 114 valence electrons. The van der Waals surface area contributed by atoms with Crippen LogP contribution in [0.3, 0.4) is 0 Å². The van der Waals surface area contributed by atoms with Gasteiger partial charge in [0.05, 0.1) is 10.8 Å². The molecular weight excluding hydrogens is 296 g/mol. The highest BCUT2D eigenvalue weighted by atomic mass is 16.6. The highest BCUT2D eigenvalue weighted by molar-refractivity contribution is 5.59. The first-order valence-corrected chi connectivity index (χ1v) is 6.72. The van der Waals surface area contributed by atoms with Crippen LogP contribution in [0.1, 0.15) is 17.0 Å². The van der Waals surface area contributed by atoms with Gasteiger partial charge in [-0.3, -0.25) is 10.1 Å². The normalized spacial score (nSPS) is 16.2. The smallest absolute Gasteiger partial charge is 0.269 e. The molecule has 1 aliphatic heterocycles. The lowest BCUT2D eigenvalue weighted by molar-refractivity contribution is -0.384. The number of anilines is 1. The maximum atomic E-state index is 10.8. The Morgan fingerprint density at radius 1 is 1.17 bits per heavy atom. The Morgan fingerprint density at radius 3 is 2.48 bits per heavy atom. The van der Waals surface area contributed by atoms with Crippen molar-refractivity contribution >= 4 is 11.4 Å². The van der Waals surface area contributed by atoms with Gasteiger partial charge in [-0.15, -0.1) is 0 Å². The van der Waals surface area contributed by atoms with E-state index in [9.17, 15) is 15.4 Å². The van der Waals surface area contributed by atoms with Gasteiger partial charge in [0.1, 0.15) is 17.4 Å². The molecule has 1 atom stereocenters. The van der Waals surface area contributed by atoms with Gasteiger partial charge in [-0.25, -0.2) is 0 Å². The maximum Gasteiger partial charge on any atom is 0.269 e. The molecule has 0 bridgehead atoms. The summed E-state index contributed by atoms with van der Waals surface area (Å²) in [5, 5.41) is 20.2. The summed E-state index contributed by atoms with van der Waals surface area (Å²) in [7, 11) is 0. The van der Waals surface area contributed by atoms with Crippen LogP contribution in [0.2, 0.25) is 0 Å². The number of nitrogens with two attached hydrogens (primary N) is 2. The van der Waals surface area contributed by atoms with Crippen LogP contribution in [0.25, 0.3) is 0 Å². The van der Waals surface area contributed by atoms with Crippen molar-refractivity contribution in [2.45, 2.75) is 5.92 Å². The van der Waals surface area contributed by atoms with Gasteiger partial charge in [-0.2, -0.15) is 5.26 Å². The maximum absolute atomic E-state index is 10.8. The van der Waals surface area contributed by atoms with Crippen LogP contribution in [-0.4, -0.2) is 4.92 Å². The molecule has 0 spiro atoms. The number of fused-ring (bicyclic) bond motifs is 1. The largest absolute Gasteiger partial charge is 0.440 e. The Morgan fingerprint density at radius 2 is 1.87 bits per heavy atom. The monoisotopic (exact) mass is 308 g/mol. The van der Waals surface area contributed by atoms with Crippen LogP contribution in [-0.2, 0) is 0 Å². The van der Waals surface area contributed by atoms with Gasteiger partial charge < -0.3 is 16.2 Å². The second-order valence-electron chi connectivity index (χ2n) is 5.07. The summed E-state index contributed by atoms with van der Waals surface area (Å²) in [6.07, 6.45) is 0. The Labute approximate surface area is 131 Å². The lowest BCUT2D eigenvalue weighted by Gasteiger charge is -2.26. The molecule has 0 aromatic heterocycles. The Balaban J connectivity index is 2.16. The molecule has 0 aliphatic carbocycles. The molecule has 0 radical (unpaired) electrons. The molecule has 1 heterocycles. The van der Waals surface area contributed by atoms with Crippen LogP contribution in [0.5, 0.6) is 5.75 Å². The first kappa shape index (κ1) is 14.4. The number of ether oxygens (including phenoxy) is 1. The summed E-state index contributed by atoms with van der Waals surface area (Å²) in [5.41, 5.74) is 13.8. The minimum atomic E-state index is -0.474. The second kappa shape index (κ2) is 5.35. The molecule has 2 aromatic carbocycles. The molecule has 1 aliphatic rings. The van der Waals surface area contributed by atoms with E-state index in [1.165, 1.54) is 12.1 Å². The summed E-state index contributed by atoms with van der Waals surface area (Å²) in [6.45, 7) is 0. The number of non-ortho nitro benzene ring substituents is 1. The van der Waals surface area contributed by atoms with Crippen LogP contribution in [0, 0.1) is 21.4 Å². The molecule has 0 saturated heterocycles. The number of hydrogen-bond donors (Lipinski definition) is 2. The number of nitrogens with zero attached hydrogens (tertiary/aromatic N) is 2. The lowest BCUT2D eigenvalue weighted by atomic mass is 9.83. The SMILES string of the molecule is N#CC1=C(N)Oc2cc(N)ccc2[C@@H]1c1ccc([N+](=O)[O-])cc1. The van der Waals surface area contributed by atoms with Crippen molar-refractivity contribution < 1.29 is 9.66 Å². The van der Waals surface area contributed by atoms with Gasteiger partial charge in [0.2, 0.25) is 5.88 Å². The Kier molecular flexibility index (Phi) is 3.35. The average Bonchev–Trinajstić information content (AvgIpc) is 2.53. The van der Waals surface area contributed by atoms with Crippen LogP contribution >= 0.6 is 0 Å². The number of nitro benzene ring substituents is 1.